The van der Waals surface area contributed by atoms with Gasteiger partial charge in [-0.15, -0.1) is 0 Å². The molecule has 2 rings (SSSR count). The van der Waals surface area contributed by atoms with E-state index in [1.165, 1.54) is 6.26 Å². The van der Waals surface area contributed by atoms with Crippen LogP contribution in [0.3, 0.4) is 0 Å². The molecule has 1 fully saturated rings. The number of esters is 1. The van der Waals surface area contributed by atoms with Crippen LogP contribution < -0.4 is 0 Å². The highest BCUT2D eigenvalue weighted by molar-refractivity contribution is 5.90. The minimum Gasteiger partial charge on any atom is -0.469 e. The van der Waals surface area contributed by atoms with Crippen LogP contribution in [-0.2, 0) is 14.2 Å². The summed E-state index contributed by atoms with van der Waals surface area (Å²) in [6.07, 6.45) is 3.71. The van der Waals surface area contributed by atoms with Crippen molar-refractivity contribution in [2.75, 3.05) is 14.2 Å². The fourth-order valence-corrected chi connectivity index (χ4v) is 2.46. The number of carbonyl (C=O) groups is 1. The lowest BCUT2D eigenvalue weighted by Gasteiger charge is -2.32. The molecule has 0 radical (unpaired) electrons. The molecule has 5 heteroatoms. The monoisotopic (exact) mass is 268 g/mol. The van der Waals surface area contributed by atoms with Gasteiger partial charge in [-0.1, -0.05) is 0 Å². The molecule has 0 N–H and O–H groups in total. The van der Waals surface area contributed by atoms with Crippen LogP contribution in [0.4, 0.5) is 0 Å². The molecule has 0 aromatic carbocycles. The Bertz CT molecular complexity index is 413. The van der Waals surface area contributed by atoms with Gasteiger partial charge in [-0.25, -0.2) is 4.79 Å². The van der Waals surface area contributed by atoms with E-state index < -0.39 is 0 Å². The zero-order valence-corrected chi connectivity index (χ0v) is 11.5. The third-order valence-electron chi connectivity index (χ3n) is 3.60. The Labute approximate surface area is 112 Å². The zero-order valence-electron chi connectivity index (χ0n) is 11.5. The Morgan fingerprint density at radius 3 is 2.21 bits per heavy atom. The Kier molecular flexibility index (Phi) is 4.61. The minimum atomic E-state index is -0.345. The van der Waals surface area contributed by atoms with Crippen LogP contribution in [0.2, 0.25) is 0 Å². The standard InChI is InChI=1S/C14H20O5/c1-9-13(4-5-18-9)14(15)19-12-7-10(16-2)6-11(8-12)17-3/h4-5,10-12H,6-8H2,1-3H3. The molecule has 0 saturated heterocycles. The molecular formula is C14H20O5. The molecule has 2 atom stereocenters. The molecule has 1 heterocycles. The molecule has 106 valence electrons. The second-order valence-electron chi connectivity index (χ2n) is 4.84. The van der Waals surface area contributed by atoms with Gasteiger partial charge in [0.05, 0.1) is 18.5 Å². The van der Waals surface area contributed by atoms with Crippen LogP contribution in [0.1, 0.15) is 35.4 Å². The molecule has 1 saturated carbocycles. The Morgan fingerprint density at radius 1 is 1.16 bits per heavy atom. The lowest BCUT2D eigenvalue weighted by atomic mass is 9.92. The molecular weight excluding hydrogens is 248 g/mol. The number of rotatable bonds is 4. The van der Waals surface area contributed by atoms with Crippen molar-refractivity contribution in [1.82, 2.24) is 0 Å². The fraction of sp³-hybridized carbons (Fsp3) is 0.643. The van der Waals surface area contributed by atoms with Gasteiger partial charge in [0.25, 0.3) is 0 Å². The maximum absolute atomic E-state index is 12.0. The molecule has 5 nitrogen and oxygen atoms in total. The second-order valence-corrected chi connectivity index (χ2v) is 4.84. The number of hydrogen-bond donors (Lipinski definition) is 0. The fourth-order valence-electron chi connectivity index (χ4n) is 2.46. The van der Waals surface area contributed by atoms with Gasteiger partial charge in [-0.3, -0.25) is 0 Å². The number of ether oxygens (including phenoxy) is 3. The first-order valence-electron chi connectivity index (χ1n) is 6.44. The van der Waals surface area contributed by atoms with Crippen LogP contribution >= 0.6 is 0 Å². The van der Waals surface area contributed by atoms with Gasteiger partial charge in [0.1, 0.15) is 17.4 Å². The molecule has 1 aromatic rings. The zero-order chi connectivity index (χ0) is 13.8. The number of methoxy groups -OCH3 is 2. The van der Waals surface area contributed by atoms with E-state index in [1.807, 2.05) is 0 Å². The number of furan rings is 1. The Balaban J connectivity index is 1.98. The second kappa shape index (κ2) is 6.21. The van der Waals surface area contributed by atoms with Gasteiger partial charge in [0, 0.05) is 33.5 Å². The lowest BCUT2D eigenvalue weighted by Crippen LogP contribution is -2.37. The first-order chi connectivity index (χ1) is 9.13. The van der Waals surface area contributed by atoms with Gasteiger partial charge >= 0.3 is 5.97 Å². The van der Waals surface area contributed by atoms with Crippen molar-refractivity contribution in [2.45, 2.75) is 44.5 Å². The van der Waals surface area contributed by atoms with Crippen molar-refractivity contribution >= 4 is 5.97 Å². The SMILES string of the molecule is COC1CC(OC)CC(OC(=O)c2ccoc2C)C1. The summed E-state index contributed by atoms with van der Waals surface area (Å²) in [7, 11) is 3.34. The molecule has 1 aliphatic rings. The number of hydrogen-bond acceptors (Lipinski definition) is 5. The van der Waals surface area contributed by atoms with Gasteiger partial charge in [-0.2, -0.15) is 0 Å². The van der Waals surface area contributed by atoms with Gasteiger partial charge in [-0.05, 0) is 13.0 Å². The summed E-state index contributed by atoms with van der Waals surface area (Å²) in [4.78, 5) is 12.0. The molecule has 0 spiro atoms. The highest BCUT2D eigenvalue weighted by atomic mass is 16.6. The van der Waals surface area contributed by atoms with Crippen LogP contribution in [0.5, 0.6) is 0 Å². The summed E-state index contributed by atoms with van der Waals surface area (Å²) in [5.74, 6) is 0.232. The van der Waals surface area contributed by atoms with Gasteiger partial charge in [0.15, 0.2) is 0 Å². The van der Waals surface area contributed by atoms with Crippen LogP contribution in [0.25, 0.3) is 0 Å². The molecule has 1 aliphatic carbocycles. The van der Waals surface area contributed by atoms with Crippen molar-refractivity contribution in [3.8, 4) is 0 Å². The molecule has 2 unspecified atom stereocenters. The highest BCUT2D eigenvalue weighted by Crippen LogP contribution is 2.26. The van der Waals surface area contributed by atoms with E-state index in [4.69, 9.17) is 18.6 Å². The largest absolute Gasteiger partial charge is 0.469 e. The average Bonchev–Trinajstić information content (AvgIpc) is 2.84. The third-order valence-corrected chi connectivity index (χ3v) is 3.60. The van der Waals surface area contributed by atoms with E-state index in [2.05, 4.69) is 0 Å². The molecule has 19 heavy (non-hydrogen) atoms. The van der Waals surface area contributed by atoms with Crippen molar-refractivity contribution in [3.63, 3.8) is 0 Å². The van der Waals surface area contributed by atoms with Crippen molar-refractivity contribution in [2.24, 2.45) is 0 Å². The quantitative estimate of drug-likeness (QED) is 0.784. The van der Waals surface area contributed by atoms with E-state index in [9.17, 15) is 4.79 Å². The van der Waals surface area contributed by atoms with E-state index in [1.54, 1.807) is 27.2 Å². The normalized spacial score (nSPS) is 27.2. The summed E-state index contributed by atoms with van der Waals surface area (Å²) in [5, 5.41) is 0. The Morgan fingerprint density at radius 2 is 1.74 bits per heavy atom. The first-order valence-corrected chi connectivity index (χ1v) is 6.44. The van der Waals surface area contributed by atoms with E-state index in [-0.39, 0.29) is 24.3 Å². The summed E-state index contributed by atoms with van der Waals surface area (Å²) >= 11 is 0. The van der Waals surface area contributed by atoms with Crippen molar-refractivity contribution in [3.05, 3.63) is 23.7 Å². The third kappa shape index (κ3) is 3.36. The number of aryl methyl sites for hydroxylation is 1. The Hall–Kier alpha value is -1.33. The topological polar surface area (TPSA) is 57.9 Å². The minimum absolute atomic E-state index is 0.0712. The summed E-state index contributed by atoms with van der Waals surface area (Å²) in [5.41, 5.74) is 0.480. The predicted octanol–water partition coefficient (Wildman–Crippen LogP) is 2.33. The van der Waals surface area contributed by atoms with Crippen LogP contribution in [0.15, 0.2) is 16.7 Å². The first kappa shape index (κ1) is 14.1. The van der Waals surface area contributed by atoms with Crippen molar-refractivity contribution in [1.29, 1.82) is 0 Å². The highest BCUT2D eigenvalue weighted by Gasteiger charge is 2.31. The molecule has 0 aliphatic heterocycles. The van der Waals surface area contributed by atoms with Gasteiger partial charge < -0.3 is 18.6 Å². The van der Waals surface area contributed by atoms with Crippen molar-refractivity contribution < 1.29 is 23.4 Å². The van der Waals surface area contributed by atoms with E-state index >= 15 is 0 Å². The van der Waals surface area contributed by atoms with Crippen LogP contribution in [-0.4, -0.2) is 38.5 Å². The van der Waals surface area contributed by atoms with E-state index in [0.29, 0.717) is 24.2 Å². The summed E-state index contributed by atoms with van der Waals surface area (Å²) < 4.78 is 21.4. The predicted molar refractivity (Wildman–Crippen MR) is 68.1 cm³/mol. The van der Waals surface area contributed by atoms with E-state index in [0.717, 1.165) is 6.42 Å². The average molecular weight is 268 g/mol. The van der Waals surface area contributed by atoms with Crippen LogP contribution in [0, 0.1) is 6.92 Å². The molecule has 1 aromatic heterocycles. The lowest BCUT2D eigenvalue weighted by molar-refractivity contribution is -0.0656. The van der Waals surface area contributed by atoms with Gasteiger partial charge in [0.2, 0.25) is 0 Å². The summed E-state index contributed by atoms with van der Waals surface area (Å²) in [6, 6.07) is 1.63. The summed E-state index contributed by atoms with van der Waals surface area (Å²) in [6.45, 7) is 1.74. The maximum Gasteiger partial charge on any atom is 0.341 e. The number of carbonyl (C=O) groups excluding carboxylic acids is 1. The molecule has 0 bridgehead atoms. The smallest absolute Gasteiger partial charge is 0.341 e. The molecule has 0 amide bonds. The maximum atomic E-state index is 12.0.